The molecule has 0 radical (unpaired) electrons. The highest BCUT2D eigenvalue weighted by Crippen LogP contribution is 2.31. The zero-order chi connectivity index (χ0) is 30.2. The van der Waals surface area contributed by atoms with E-state index in [9.17, 15) is 13.2 Å². The normalized spacial score (nSPS) is 11.5. The summed E-state index contributed by atoms with van der Waals surface area (Å²) < 4.78 is 34.1. The van der Waals surface area contributed by atoms with Gasteiger partial charge in [0.25, 0.3) is 5.91 Å². The summed E-state index contributed by atoms with van der Waals surface area (Å²) in [5.74, 6) is 0.507. The number of anilines is 1. The summed E-state index contributed by atoms with van der Waals surface area (Å²) in [5.41, 5.74) is 6.16. The van der Waals surface area contributed by atoms with Crippen LogP contribution in [0.1, 0.15) is 47.7 Å². The molecule has 7 nitrogen and oxygen atoms in total. The number of ether oxygens (including phenoxy) is 1. The molecule has 43 heavy (non-hydrogen) atoms. The molecule has 0 aliphatic heterocycles. The number of aromatic amines is 1. The van der Waals surface area contributed by atoms with Crippen molar-refractivity contribution in [2.75, 3.05) is 19.0 Å². The van der Waals surface area contributed by atoms with Gasteiger partial charge in [-0.15, -0.1) is 0 Å². The maximum atomic E-state index is 13.1. The van der Waals surface area contributed by atoms with Crippen LogP contribution in [0.2, 0.25) is 0 Å². The number of carbonyl (C=O) groups is 1. The maximum absolute atomic E-state index is 13.1. The zero-order valence-corrected chi connectivity index (χ0v) is 25.3. The molecule has 0 aliphatic rings. The van der Waals surface area contributed by atoms with E-state index in [2.05, 4.69) is 21.9 Å². The first-order valence-electron chi connectivity index (χ1n) is 14.6. The summed E-state index contributed by atoms with van der Waals surface area (Å²) in [6.07, 6.45) is 4.88. The largest absolute Gasteiger partial charge is 0.497 e. The lowest BCUT2D eigenvalue weighted by molar-refractivity contribution is 0.102. The van der Waals surface area contributed by atoms with Crippen molar-refractivity contribution < 1.29 is 17.9 Å². The predicted octanol–water partition coefficient (Wildman–Crippen LogP) is 7.35. The minimum Gasteiger partial charge on any atom is -0.497 e. The highest BCUT2D eigenvalue weighted by Gasteiger charge is 2.17. The molecule has 0 bridgehead atoms. The van der Waals surface area contributed by atoms with E-state index in [0.29, 0.717) is 17.7 Å². The van der Waals surface area contributed by atoms with Crippen LogP contribution in [-0.4, -0.2) is 33.0 Å². The molecule has 8 heteroatoms. The van der Waals surface area contributed by atoms with Crippen LogP contribution < -0.4 is 14.8 Å². The standard InChI is InChI=1S/C35H37N3O4S/c1-3-4-5-8-25-11-21-30(22-12-25)43(40,41)36-24-23-32-31-9-6-7-10-33(31)38-34(32)26-13-15-27(16-14-26)35(39)37-28-17-19-29(42-2)20-18-28/h6-7,9-22,36,38H,3-5,8,23-24H2,1-2H3,(H,37,39). The Morgan fingerprint density at radius 1 is 0.837 bits per heavy atom. The van der Waals surface area contributed by atoms with Gasteiger partial charge < -0.3 is 15.0 Å². The van der Waals surface area contributed by atoms with Crippen LogP contribution in [0.3, 0.4) is 0 Å². The number of methoxy groups -OCH3 is 1. The Bertz CT molecular complexity index is 1780. The molecule has 1 heterocycles. The van der Waals surface area contributed by atoms with E-state index in [-0.39, 0.29) is 17.3 Å². The number of aromatic nitrogens is 1. The Morgan fingerprint density at radius 2 is 1.56 bits per heavy atom. The number of hydrogen-bond donors (Lipinski definition) is 3. The third kappa shape index (κ3) is 7.34. The molecule has 0 spiro atoms. The molecule has 0 atom stereocenters. The van der Waals surface area contributed by atoms with Crippen molar-refractivity contribution in [3.8, 4) is 17.0 Å². The number of amides is 1. The summed E-state index contributed by atoms with van der Waals surface area (Å²) in [6, 6.07) is 29.7. The minimum atomic E-state index is -3.64. The number of sulfonamides is 1. The van der Waals surface area contributed by atoms with Gasteiger partial charge in [0, 0.05) is 34.4 Å². The van der Waals surface area contributed by atoms with Gasteiger partial charge in [-0.3, -0.25) is 4.79 Å². The van der Waals surface area contributed by atoms with E-state index >= 15 is 0 Å². The fourth-order valence-corrected chi connectivity index (χ4v) is 6.21. The molecule has 222 valence electrons. The predicted molar refractivity (Wildman–Crippen MR) is 173 cm³/mol. The smallest absolute Gasteiger partial charge is 0.255 e. The number of benzene rings is 4. The second kappa shape index (κ2) is 13.7. The molecule has 5 rings (SSSR count). The van der Waals surface area contributed by atoms with Crippen molar-refractivity contribution in [3.63, 3.8) is 0 Å². The van der Waals surface area contributed by atoms with E-state index in [1.165, 1.54) is 6.42 Å². The van der Waals surface area contributed by atoms with Gasteiger partial charge in [0.15, 0.2) is 0 Å². The van der Waals surface area contributed by atoms with Crippen LogP contribution in [0.4, 0.5) is 5.69 Å². The van der Waals surface area contributed by atoms with Gasteiger partial charge in [0.05, 0.1) is 12.0 Å². The lowest BCUT2D eigenvalue weighted by Gasteiger charge is -2.10. The summed E-state index contributed by atoms with van der Waals surface area (Å²) in [5, 5.41) is 3.94. The van der Waals surface area contributed by atoms with Crippen LogP contribution in [0.5, 0.6) is 5.75 Å². The average Bonchev–Trinajstić information content (AvgIpc) is 3.40. The molecule has 1 aromatic heterocycles. The van der Waals surface area contributed by atoms with Crippen molar-refractivity contribution in [1.82, 2.24) is 9.71 Å². The second-order valence-corrected chi connectivity index (χ2v) is 12.3. The Morgan fingerprint density at radius 3 is 2.26 bits per heavy atom. The summed E-state index contributed by atoms with van der Waals surface area (Å²) >= 11 is 0. The Hall–Kier alpha value is -4.40. The third-order valence-corrected chi connectivity index (χ3v) is 9.04. The van der Waals surface area contributed by atoms with Gasteiger partial charge >= 0.3 is 0 Å². The van der Waals surface area contributed by atoms with Gasteiger partial charge in [-0.2, -0.15) is 0 Å². The molecule has 0 saturated heterocycles. The van der Waals surface area contributed by atoms with E-state index in [1.807, 2.05) is 48.5 Å². The van der Waals surface area contributed by atoms with Crippen LogP contribution in [0.15, 0.2) is 102 Å². The van der Waals surface area contributed by atoms with Crippen LogP contribution in [0.25, 0.3) is 22.2 Å². The van der Waals surface area contributed by atoms with Crippen LogP contribution >= 0.6 is 0 Å². The quantitative estimate of drug-likeness (QED) is 0.124. The number of aryl methyl sites for hydroxylation is 1. The third-order valence-electron chi connectivity index (χ3n) is 7.57. The average molecular weight is 596 g/mol. The fraction of sp³-hybridized carbons (Fsp3) is 0.229. The van der Waals surface area contributed by atoms with Crippen molar-refractivity contribution in [2.45, 2.75) is 43.9 Å². The molecule has 0 fully saturated rings. The number of unbranched alkanes of at least 4 members (excludes halogenated alkanes) is 2. The second-order valence-electron chi connectivity index (χ2n) is 10.5. The monoisotopic (exact) mass is 595 g/mol. The SMILES string of the molecule is CCCCCc1ccc(S(=O)(=O)NCCc2c(-c3ccc(C(=O)Nc4ccc(OC)cc4)cc3)[nH]c3ccccc23)cc1. The number of nitrogens with one attached hydrogen (secondary N) is 3. The molecule has 3 N–H and O–H groups in total. The Labute approximate surface area is 253 Å². The summed E-state index contributed by atoms with van der Waals surface area (Å²) in [6.45, 7) is 2.42. The maximum Gasteiger partial charge on any atom is 0.255 e. The van der Waals surface area contributed by atoms with E-state index in [4.69, 9.17) is 4.74 Å². The highest BCUT2D eigenvalue weighted by molar-refractivity contribution is 7.89. The molecule has 5 aromatic rings. The van der Waals surface area contributed by atoms with E-state index in [0.717, 1.165) is 58.3 Å². The van der Waals surface area contributed by atoms with E-state index < -0.39 is 10.0 Å². The van der Waals surface area contributed by atoms with Gasteiger partial charge in [-0.25, -0.2) is 13.1 Å². The molecule has 0 saturated carbocycles. The number of H-pyrrole nitrogens is 1. The van der Waals surface area contributed by atoms with E-state index in [1.54, 1.807) is 55.6 Å². The van der Waals surface area contributed by atoms with Crippen molar-refractivity contribution in [1.29, 1.82) is 0 Å². The van der Waals surface area contributed by atoms with Gasteiger partial charge in [0.2, 0.25) is 10.0 Å². The van der Waals surface area contributed by atoms with Gasteiger partial charge in [-0.05, 0) is 90.6 Å². The topological polar surface area (TPSA) is 100 Å². The van der Waals surface area contributed by atoms with Crippen molar-refractivity contribution in [2.24, 2.45) is 0 Å². The molecular weight excluding hydrogens is 558 g/mol. The molecule has 1 amide bonds. The van der Waals surface area contributed by atoms with Crippen molar-refractivity contribution >= 4 is 32.5 Å². The number of rotatable bonds is 13. The first-order valence-corrected chi connectivity index (χ1v) is 16.1. The number of hydrogen-bond acceptors (Lipinski definition) is 4. The molecule has 0 aliphatic carbocycles. The number of para-hydroxylation sites is 1. The number of carbonyl (C=O) groups excluding carboxylic acids is 1. The Kier molecular flexibility index (Phi) is 9.59. The summed E-state index contributed by atoms with van der Waals surface area (Å²) in [4.78, 5) is 16.6. The first-order chi connectivity index (χ1) is 20.9. The van der Waals surface area contributed by atoms with Gasteiger partial charge in [0.1, 0.15) is 5.75 Å². The molecule has 0 unspecified atom stereocenters. The summed E-state index contributed by atoms with van der Waals surface area (Å²) in [7, 11) is -2.04. The lowest BCUT2D eigenvalue weighted by atomic mass is 10.0. The van der Waals surface area contributed by atoms with Crippen LogP contribution in [0, 0.1) is 0 Å². The van der Waals surface area contributed by atoms with Gasteiger partial charge in [-0.1, -0.05) is 62.2 Å². The molecule has 4 aromatic carbocycles. The number of fused-ring (bicyclic) bond motifs is 1. The first kappa shape index (κ1) is 30.1. The fourth-order valence-electron chi connectivity index (χ4n) is 5.18. The minimum absolute atomic E-state index is 0.211. The highest BCUT2D eigenvalue weighted by atomic mass is 32.2. The lowest BCUT2D eigenvalue weighted by Crippen LogP contribution is -2.26. The van der Waals surface area contributed by atoms with Crippen LogP contribution in [-0.2, 0) is 22.9 Å². The molecular formula is C35H37N3O4S. The van der Waals surface area contributed by atoms with Crippen molar-refractivity contribution in [3.05, 3.63) is 114 Å². The zero-order valence-electron chi connectivity index (χ0n) is 24.5. The Balaban J connectivity index is 1.29.